The molecule has 1 aromatic heterocycles. The molecular formula is C14H23FN2O2. The van der Waals surface area contributed by atoms with Crippen LogP contribution in [0.2, 0.25) is 0 Å². The summed E-state index contributed by atoms with van der Waals surface area (Å²) in [4.78, 5) is 3.90. The van der Waals surface area contributed by atoms with E-state index < -0.39 is 5.82 Å². The predicted molar refractivity (Wildman–Crippen MR) is 72.8 cm³/mol. The number of nitrogens with zero attached hydrogens (tertiary/aromatic N) is 1. The molecule has 1 N–H and O–H groups in total. The van der Waals surface area contributed by atoms with Gasteiger partial charge in [-0.05, 0) is 33.4 Å². The number of rotatable bonds is 7. The molecule has 0 aliphatic heterocycles. The van der Waals surface area contributed by atoms with Gasteiger partial charge in [0.2, 0.25) is 0 Å². The number of ether oxygens (including phenoxy) is 2. The van der Waals surface area contributed by atoms with Gasteiger partial charge < -0.3 is 14.8 Å². The highest BCUT2D eigenvalue weighted by molar-refractivity contribution is 5.23. The summed E-state index contributed by atoms with van der Waals surface area (Å²) < 4.78 is 24.8. The van der Waals surface area contributed by atoms with Crippen LogP contribution in [-0.4, -0.2) is 30.3 Å². The van der Waals surface area contributed by atoms with Crippen molar-refractivity contribution < 1.29 is 13.9 Å². The van der Waals surface area contributed by atoms with E-state index in [2.05, 4.69) is 10.3 Å². The number of aromatic nitrogens is 1. The lowest BCUT2D eigenvalue weighted by atomic mass is 10.2. The molecule has 5 heteroatoms. The Morgan fingerprint density at radius 2 is 2.05 bits per heavy atom. The smallest absolute Gasteiger partial charge is 0.250 e. The first-order valence-electron chi connectivity index (χ1n) is 6.55. The van der Waals surface area contributed by atoms with Gasteiger partial charge in [-0.1, -0.05) is 6.92 Å². The SMILES string of the molecule is CCNCc1ccnc(OCCOC(C)(C)C)c1F. The van der Waals surface area contributed by atoms with Crippen molar-refractivity contribution >= 4 is 0 Å². The second kappa shape index (κ2) is 7.40. The van der Waals surface area contributed by atoms with Gasteiger partial charge in [0, 0.05) is 18.3 Å². The lowest BCUT2D eigenvalue weighted by Gasteiger charge is -2.19. The van der Waals surface area contributed by atoms with Gasteiger partial charge >= 0.3 is 0 Å². The molecule has 4 nitrogen and oxygen atoms in total. The van der Waals surface area contributed by atoms with E-state index in [-0.39, 0.29) is 18.1 Å². The molecule has 0 spiro atoms. The number of hydrogen-bond acceptors (Lipinski definition) is 4. The first-order valence-corrected chi connectivity index (χ1v) is 6.55. The van der Waals surface area contributed by atoms with Crippen molar-refractivity contribution in [3.8, 4) is 5.88 Å². The highest BCUT2D eigenvalue weighted by atomic mass is 19.1. The van der Waals surface area contributed by atoms with Crippen LogP contribution in [0.5, 0.6) is 5.88 Å². The van der Waals surface area contributed by atoms with Gasteiger partial charge in [-0.15, -0.1) is 0 Å². The molecule has 0 saturated carbocycles. The molecule has 0 fully saturated rings. The lowest BCUT2D eigenvalue weighted by Crippen LogP contribution is -2.23. The molecule has 19 heavy (non-hydrogen) atoms. The van der Waals surface area contributed by atoms with E-state index in [1.54, 1.807) is 12.3 Å². The Morgan fingerprint density at radius 3 is 2.68 bits per heavy atom. The topological polar surface area (TPSA) is 43.4 Å². The molecule has 1 heterocycles. The van der Waals surface area contributed by atoms with Crippen molar-refractivity contribution in [3.05, 3.63) is 23.6 Å². The molecule has 1 aromatic rings. The van der Waals surface area contributed by atoms with Crippen molar-refractivity contribution in [2.45, 2.75) is 39.8 Å². The van der Waals surface area contributed by atoms with Crippen molar-refractivity contribution in [1.82, 2.24) is 10.3 Å². The van der Waals surface area contributed by atoms with Crippen LogP contribution in [0, 0.1) is 5.82 Å². The molecule has 1 rings (SSSR count). The first kappa shape index (κ1) is 15.9. The van der Waals surface area contributed by atoms with Crippen LogP contribution in [0.4, 0.5) is 4.39 Å². The minimum Gasteiger partial charge on any atom is -0.473 e. The van der Waals surface area contributed by atoms with Crippen LogP contribution in [0.25, 0.3) is 0 Å². The number of halogens is 1. The maximum absolute atomic E-state index is 14.0. The molecule has 0 amide bonds. The normalized spacial score (nSPS) is 11.6. The molecule has 0 bridgehead atoms. The summed E-state index contributed by atoms with van der Waals surface area (Å²) in [5.41, 5.74) is 0.339. The highest BCUT2D eigenvalue weighted by Gasteiger charge is 2.12. The summed E-state index contributed by atoms with van der Waals surface area (Å²) in [5.74, 6) is -0.368. The van der Waals surface area contributed by atoms with E-state index in [1.165, 1.54) is 0 Å². The summed E-state index contributed by atoms with van der Waals surface area (Å²) in [5, 5.41) is 3.07. The van der Waals surface area contributed by atoms with E-state index in [0.717, 1.165) is 6.54 Å². The highest BCUT2D eigenvalue weighted by Crippen LogP contribution is 2.17. The zero-order chi connectivity index (χ0) is 14.3. The Balaban J connectivity index is 2.49. The molecule has 108 valence electrons. The van der Waals surface area contributed by atoms with Gasteiger partial charge in [-0.3, -0.25) is 0 Å². The average molecular weight is 270 g/mol. The Morgan fingerprint density at radius 1 is 1.32 bits per heavy atom. The Kier molecular flexibility index (Phi) is 6.18. The van der Waals surface area contributed by atoms with E-state index >= 15 is 0 Å². The van der Waals surface area contributed by atoms with Crippen molar-refractivity contribution in [3.63, 3.8) is 0 Å². The third kappa shape index (κ3) is 5.98. The fraction of sp³-hybridized carbons (Fsp3) is 0.643. The molecule has 0 aromatic carbocycles. The van der Waals surface area contributed by atoms with Gasteiger partial charge in [-0.25, -0.2) is 9.37 Å². The second-order valence-corrected chi connectivity index (χ2v) is 5.18. The summed E-state index contributed by atoms with van der Waals surface area (Å²) >= 11 is 0. The second-order valence-electron chi connectivity index (χ2n) is 5.18. The largest absolute Gasteiger partial charge is 0.473 e. The van der Waals surface area contributed by atoms with Crippen LogP contribution in [0.1, 0.15) is 33.3 Å². The number of hydrogen-bond donors (Lipinski definition) is 1. The van der Waals surface area contributed by atoms with Crippen molar-refractivity contribution in [2.24, 2.45) is 0 Å². The first-order chi connectivity index (χ1) is 8.94. The summed E-state index contributed by atoms with van der Waals surface area (Å²) in [6.07, 6.45) is 1.55. The lowest BCUT2D eigenvalue weighted by molar-refractivity contribution is -0.0172. The fourth-order valence-electron chi connectivity index (χ4n) is 1.45. The van der Waals surface area contributed by atoms with Crippen LogP contribution >= 0.6 is 0 Å². The minimum absolute atomic E-state index is 0.0351. The van der Waals surface area contributed by atoms with Crippen LogP contribution < -0.4 is 10.1 Å². The zero-order valence-electron chi connectivity index (χ0n) is 12.1. The standard InChI is InChI=1S/C14H23FN2O2/c1-5-16-10-11-6-7-17-13(12(11)15)18-8-9-19-14(2,3)4/h6-7,16H,5,8-10H2,1-4H3. The van der Waals surface area contributed by atoms with E-state index in [9.17, 15) is 4.39 Å². The summed E-state index contributed by atoms with van der Waals surface area (Å²) in [7, 11) is 0. The summed E-state index contributed by atoms with van der Waals surface area (Å²) in [6, 6.07) is 1.65. The van der Waals surface area contributed by atoms with E-state index in [1.807, 2.05) is 27.7 Å². The third-order valence-corrected chi connectivity index (χ3v) is 2.36. The Labute approximate surface area is 114 Å². The van der Waals surface area contributed by atoms with Gasteiger partial charge in [-0.2, -0.15) is 0 Å². The summed E-state index contributed by atoms with van der Waals surface area (Å²) in [6.45, 7) is 9.81. The molecule has 0 radical (unpaired) electrons. The van der Waals surface area contributed by atoms with E-state index in [4.69, 9.17) is 9.47 Å². The Bertz CT molecular complexity index is 392. The number of pyridine rings is 1. The molecule has 0 atom stereocenters. The molecular weight excluding hydrogens is 247 g/mol. The van der Waals surface area contributed by atoms with Gasteiger partial charge in [0.1, 0.15) is 6.61 Å². The molecule has 0 aliphatic rings. The van der Waals surface area contributed by atoms with Crippen LogP contribution in [0.3, 0.4) is 0 Å². The quantitative estimate of drug-likeness (QED) is 0.773. The minimum atomic E-state index is -0.404. The maximum Gasteiger partial charge on any atom is 0.250 e. The van der Waals surface area contributed by atoms with Crippen LogP contribution in [0.15, 0.2) is 12.3 Å². The molecule has 0 unspecified atom stereocenters. The molecule has 0 aliphatic carbocycles. The fourth-order valence-corrected chi connectivity index (χ4v) is 1.45. The van der Waals surface area contributed by atoms with Crippen LogP contribution in [-0.2, 0) is 11.3 Å². The van der Waals surface area contributed by atoms with Gasteiger partial charge in [0.15, 0.2) is 5.82 Å². The Hall–Kier alpha value is -1.20. The zero-order valence-corrected chi connectivity index (χ0v) is 12.1. The van der Waals surface area contributed by atoms with Crippen molar-refractivity contribution in [1.29, 1.82) is 0 Å². The third-order valence-electron chi connectivity index (χ3n) is 2.36. The van der Waals surface area contributed by atoms with Gasteiger partial charge in [0.25, 0.3) is 5.88 Å². The van der Waals surface area contributed by atoms with Gasteiger partial charge in [0.05, 0.1) is 12.2 Å². The number of nitrogens with one attached hydrogen (secondary N) is 1. The van der Waals surface area contributed by atoms with Crippen molar-refractivity contribution in [2.75, 3.05) is 19.8 Å². The monoisotopic (exact) mass is 270 g/mol. The maximum atomic E-state index is 14.0. The average Bonchev–Trinajstić information content (AvgIpc) is 2.33. The molecule has 0 saturated heterocycles. The van der Waals surface area contributed by atoms with E-state index in [0.29, 0.717) is 18.7 Å². The predicted octanol–water partition coefficient (Wildman–Crippen LogP) is 2.52.